The molecule has 2 aromatic heterocycles. The summed E-state index contributed by atoms with van der Waals surface area (Å²) in [6.45, 7) is 0. The molecule has 0 aromatic carbocycles. The Balaban J connectivity index is 2.50. The quantitative estimate of drug-likeness (QED) is 0.711. The number of anilines is 1. The van der Waals surface area contributed by atoms with Crippen LogP contribution in [0.3, 0.4) is 0 Å². The number of nitrogen functional groups attached to an aromatic ring is 1. The van der Waals surface area contributed by atoms with E-state index in [-0.39, 0.29) is 11.5 Å². The van der Waals surface area contributed by atoms with Crippen molar-refractivity contribution < 1.29 is 9.90 Å². The van der Waals surface area contributed by atoms with Crippen LogP contribution >= 0.6 is 0 Å². The van der Waals surface area contributed by atoms with Crippen LogP contribution in [-0.4, -0.2) is 30.8 Å². The zero-order valence-corrected chi connectivity index (χ0v) is 7.53. The van der Waals surface area contributed by atoms with Crippen LogP contribution in [0.1, 0.15) is 10.5 Å². The maximum atomic E-state index is 10.6. The number of nitrogens with two attached hydrogens (primary N) is 1. The van der Waals surface area contributed by atoms with Crippen LogP contribution in [0.2, 0.25) is 0 Å². The van der Waals surface area contributed by atoms with Crippen LogP contribution < -0.4 is 5.73 Å². The van der Waals surface area contributed by atoms with Crippen molar-refractivity contribution in [3.8, 4) is 5.69 Å². The molecule has 2 rings (SSSR count). The van der Waals surface area contributed by atoms with Crippen LogP contribution in [0.15, 0.2) is 24.8 Å². The Morgan fingerprint density at radius 1 is 1.40 bits per heavy atom. The van der Waals surface area contributed by atoms with E-state index in [0.29, 0.717) is 5.69 Å². The Kier molecular flexibility index (Phi) is 2.05. The minimum Gasteiger partial charge on any atom is -0.476 e. The fourth-order valence-corrected chi connectivity index (χ4v) is 1.11. The molecule has 0 amide bonds. The normalized spacial score (nSPS) is 10.1. The summed E-state index contributed by atoms with van der Waals surface area (Å²) in [4.78, 5) is 18.2. The lowest BCUT2D eigenvalue weighted by molar-refractivity contribution is 0.0690. The van der Waals surface area contributed by atoms with Crippen molar-refractivity contribution in [1.29, 1.82) is 0 Å². The first-order valence-corrected chi connectivity index (χ1v) is 4.02. The monoisotopic (exact) mass is 205 g/mol. The maximum absolute atomic E-state index is 10.6. The number of nitrogens with zero attached hydrogens (tertiary/aromatic N) is 4. The Labute approximate surface area is 84.2 Å². The highest BCUT2D eigenvalue weighted by Gasteiger charge is 2.12. The lowest BCUT2D eigenvalue weighted by atomic mass is 10.4. The van der Waals surface area contributed by atoms with Gasteiger partial charge in [0.1, 0.15) is 17.8 Å². The first-order chi connectivity index (χ1) is 7.18. The Hall–Kier alpha value is -2.44. The second-order valence-electron chi connectivity index (χ2n) is 2.77. The lowest BCUT2D eigenvalue weighted by Crippen LogP contribution is -2.04. The summed E-state index contributed by atoms with van der Waals surface area (Å²) in [5, 5.41) is 12.5. The fraction of sp³-hybridized carbons (Fsp3) is 0. The third-order valence-electron chi connectivity index (χ3n) is 1.75. The Bertz CT molecular complexity index is 493. The molecular formula is C8H7N5O2. The predicted octanol–water partition coefficient (Wildman–Crippen LogP) is -0.0573. The molecule has 7 heteroatoms. The molecule has 15 heavy (non-hydrogen) atoms. The van der Waals surface area contributed by atoms with Crippen molar-refractivity contribution in [2.45, 2.75) is 0 Å². The predicted molar refractivity (Wildman–Crippen MR) is 50.5 cm³/mol. The number of carboxylic acid groups (broad SMARTS) is 1. The molecule has 0 saturated carbocycles. The minimum atomic E-state index is -1.13. The number of hydrogen-bond donors (Lipinski definition) is 2. The summed E-state index contributed by atoms with van der Waals surface area (Å²) in [7, 11) is 0. The van der Waals surface area contributed by atoms with Crippen LogP contribution in [0.5, 0.6) is 0 Å². The highest BCUT2D eigenvalue weighted by atomic mass is 16.4. The largest absolute Gasteiger partial charge is 0.476 e. The first-order valence-electron chi connectivity index (χ1n) is 4.02. The molecule has 0 unspecified atom stereocenters. The van der Waals surface area contributed by atoms with Gasteiger partial charge < -0.3 is 10.8 Å². The van der Waals surface area contributed by atoms with E-state index in [1.807, 2.05) is 0 Å². The van der Waals surface area contributed by atoms with E-state index in [0.717, 1.165) is 0 Å². The van der Waals surface area contributed by atoms with Gasteiger partial charge in [-0.15, -0.1) is 0 Å². The number of carboxylic acids is 1. The molecule has 0 atom stereocenters. The smallest absolute Gasteiger partial charge is 0.356 e. The maximum Gasteiger partial charge on any atom is 0.356 e. The van der Waals surface area contributed by atoms with Crippen molar-refractivity contribution in [1.82, 2.24) is 19.7 Å². The Morgan fingerprint density at radius 3 is 2.60 bits per heavy atom. The summed E-state index contributed by atoms with van der Waals surface area (Å²) in [6.07, 6.45) is 4.34. The van der Waals surface area contributed by atoms with Gasteiger partial charge in [0, 0.05) is 6.07 Å². The topological polar surface area (TPSA) is 107 Å². The second kappa shape index (κ2) is 3.37. The summed E-state index contributed by atoms with van der Waals surface area (Å²) in [5.41, 5.74) is 5.99. The highest BCUT2D eigenvalue weighted by Crippen LogP contribution is 2.12. The third kappa shape index (κ3) is 1.62. The number of carbonyl (C=O) groups is 1. The van der Waals surface area contributed by atoms with Crippen LogP contribution in [0.25, 0.3) is 5.69 Å². The molecule has 0 saturated heterocycles. The fourth-order valence-electron chi connectivity index (χ4n) is 1.11. The summed E-state index contributed by atoms with van der Waals surface area (Å²) >= 11 is 0. The van der Waals surface area contributed by atoms with E-state index in [1.54, 1.807) is 0 Å². The zero-order chi connectivity index (χ0) is 10.8. The molecule has 0 fully saturated rings. The van der Waals surface area contributed by atoms with Crippen molar-refractivity contribution in [3.05, 3.63) is 30.5 Å². The first kappa shape index (κ1) is 9.13. The average molecular weight is 205 g/mol. The van der Waals surface area contributed by atoms with E-state index in [2.05, 4.69) is 15.1 Å². The van der Waals surface area contributed by atoms with Gasteiger partial charge in [0.25, 0.3) is 0 Å². The molecule has 0 aliphatic carbocycles. The van der Waals surface area contributed by atoms with Gasteiger partial charge in [0.15, 0.2) is 5.69 Å². The van der Waals surface area contributed by atoms with Gasteiger partial charge in [-0.3, -0.25) is 0 Å². The lowest BCUT2D eigenvalue weighted by Gasteiger charge is -2.00. The Morgan fingerprint density at radius 2 is 2.07 bits per heavy atom. The number of rotatable bonds is 2. The minimum absolute atomic E-state index is 0.114. The van der Waals surface area contributed by atoms with Crippen LogP contribution in [0.4, 0.5) is 5.82 Å². The summed E-state index contributed by atoms with van der Waals surface area (Å²) < 4.78 is 1.27. The van der Waals surface area contributed by atoms with Gasteiger partial charge in [0.2, 0.25) is 0 Å². The van der Waals surface area contributed by atoms with Gasteiger partial charge >= 0.3 is 5.97 Å². The molecule has 2 aromatic rings. The highest BCUT2D eigenvalue weighted by molar-refractivity contribution is 5.86. The molecule has 76 valence electrons. The third-order valence-corrected chi connectivity index (χ3v) is 1.75. The molecule has 3 N–H and O–H groups in total. The van der Waals surface area contributed by atoms with Crippen molar-refractivity contribution >= 4 is 11.8 Å². The zero-order valence-electron chi connectivity index (χ0n) is 7.53. The van der Waals surface area contributed by atoms with Crippen molar-refractivity contribution in [2.75, 3.05) is 5.73 Å². The second-order valence-corrected chi connectivity index (χ2v) is 2.77. The molecule has 0 radical (unpaired) electrons. The van der Waals surface area contributed by atoms with Gasteiger partial charge in [0.05, 0.1) is 12.4 Å². The van der Waals surface area contributed by atoms with Gasteiger partial charge in [-0.05, 0) is 0 Å². The van der Waals surface area contributed by atoms with Gasteiger partial charge in [-0.2, -0.15) is 5.10 Å². The summed E-state index contributed by atoms with van der Waals surface area (Å²) in [5.74, 6) is -0.903. The number of hydrogen-bond acceptors (Lipinski definition) is 5. The number of aromatic nitrogens is 4. The van der Waals surface area contributed by atoms with Crippen molar-refractivity contribution in [3.63, 3.8) is 0 Å². The molecule has 0 aliphatic heterocycles. The molecule has 7 nitrogen and oxygen atoms in total. The van der Waals surface area contributed by atoms with E-state index in [1.165, 1.54) is 29.5 Å². The average Bonchev–Trinajstić information content (AvgIpc) is 2.62. The number of aromatic carboxylic acids is 1. The summed E-state index contributed by atoms with van der Waals surface area (Å²) in [6, 6.07) is 1.27. The standard InChI is InChI=1S/C8H7N5O2/c9-7-1-6(8(14)15)12-13(7)5-2-10-4-11-3-5/h1-4H,9H2,(H,14,15). The van der Waals surface area contributed by atoms with Crippen molar-refractivity contribution in [2.24, 2.45) is 0 Å². The van der Waals surface area contributed by atoms with E-state index in [9.17, 15) is 4.79 Å². The van der Waals surface area contributed by atoms with Gasteiger partial charge in [-0.1, -0.05) is 0 Å². The SMILES string of the molecule is Nc1cc(C(=O)O)nn1-c1cncnc1. The molecule has 0 aliphatic rings. The molecule has 0 spiro atoms. The van der Waals surface area contributed by atoms with E-state index in [4.69, 9.17) is 10.8 Å². The van der Waals surface area contributed by atoms with Gasteiger partial charge in [-0.25, -0.2) is 19.4 Å². The van der Waals surface area contributed by atoms with E-state index < -0.39 is 5.97 Å². The van der Waals surface area contributed by atoms with E-state index >= 15 is 0 Å². The molecule has 2 heterocycles. The molecule has 0 bridgehead atoms. The van der Waals surface area contributed by atoms with Crippen LogP contribution in [-0.2, 0) is 0 Å². The molecular weight excluding hydrogens is 198 g/mol. The van der Waals surface area contributed by atoms with Crippen LogP contribution in [0, 0.1) is 0 Å².